The van der Waals surface area contributed by atoms with Crippen molar-refractivity contribution in [3.63, 3.8) is 0 Å². The summed E-state index contributed by atoms with van der Waals surface area (Å²) < 4.78 is 43.1. The molecule has 4 fully saturated rings. The summed E-state index contributed by atoms with van der Waals surface area (Å²) in [5, 5.41) is 134. The highest BCUT2D eigenvalue weighted by Crippen LogP contribution is 2.34. The van der Waals surface area contributed by atoms with Crippen LogP contribution in [-0.4, -0.2) is 228 Å². The first-order valence-electron chi connectivity index (χ1n) is 16.3. The largest absolute Gasteiger partial charge is 0.479 e. The second kappa shape index (κ2) is 18.7. The van der Waals surface area contributed by atoms with Gasteiger partial charge in [-0.3, -0.25) is 0 Å². The Morgan fingerprint density at radius 3 is 1.42 bits per heavy atom. The van der Waals surface area contributed by atoms with Gasteiger partial charge in [-0.05, 0) is 19.4 Å². The lowest BCUT2D eigenvalue weighted by molar-refractivity contribution is -0.385. The van der Waals surface area contributed by atoms with Gasteiger partial charge in [-0.2, -0.15) is 0 Å². The highest BCUT2D eigenvalue weighted by molar-refractivity contribution is 5.73. The van der Waals surface area contributed by atoms with E-state index in [4.69, 9.17) is 43.6 Å². The Balaban J connectivity index is 1.48. The molecule has 52 heavy (non-hydrogen) atoms. The lowest BCUT2D eigenvalue weighted by Crippen LogP contribution is -2.68. The Labute approximate surface area is 293 Å². The van der Waals surface area contributed by atoms with Crippen molar-refractivity contribution in [1.29, 1.82) is 0 Å². The SMILES string of the molecule is NCCCCO[C@@H]1OC(CO)[C@@H](O[C@@H]2OC(C(=O)O)[C@@H](O)C(O[C@@H]3OC(CO)[C@@H](O[C@@H]4OC(C(=O)O)[C@@H](O)C(O)[C@@H]4O)[C@H](O)C3O)[C@@H]2O)C(O)[C@@H]1O. The van der Waals surface area contributed by atoms with Gasteiger partial charge in [-0.25, -0.2) is 9.59 Å². The normalized spacial score (nSPS) is 47.2. The molecule has 20 atom stereocenters. The average Bonchev–Trinajstić information content (AvgIpc) is 3.11. The summed E-state index contributed by atoms with van der Waals surface area (Å²) in [6.07, 6.45) is -38.5. The second-order valence-electron chi connectivity index (χ2n) is 12.6. The van der Waals surface area contributed by atoms with Crippen LogP contribution in [0.2, 0.25) is 0 Å². The van der Waals surface area contributed by atoms with E-state index >= 15 is 0 Å². The number of aliphatic hydroxyl groups excluding tert-OH is 11. The first-order valence-corrected chi connectivity index (χ1v) is 16.3. The molecule has 0 saturated carbocycles. The van der Waals surface area contributed by atoms with Gasteiger partial charge < -0.3 is 110 Å². The van der Waals surface area contributed by atoms with Crippen molar-refractivity contribution in [3.8, 4) is 0 Å². The number of hydrogen-bond donors (Lipinski definition) is 14. The van der Waals surface area contributed by atoms with Crippen LogP contribution in [0.1, 0.15) is 12.8 Å². The molecule has 15 N–H and O–H groups in total. The highest BCUT2D eigenvalue weighted by atomic mass is 16.8. The van der Waals surface area contributed by atoms with E-state index in [9.17, 15) is 76.0 Å². The number of unbranched alkanes of at least 4 members (excludes halogenated alkanes) is 1. The molecule has 4 aliphatic rings. The van der Waals surface area contributed by atoms with E-state index in [1.165, 1.54) is 0 Å². The third-order valence-electron chi connectivity index (χ3n) is 9.00. The number of aliphatic carboxylic acids is 2. The summed E-state index contributed by atoms with van der Waals surface area (Å²) in [5.41, 5.74) is 5.44. The minimum atomic E-state index is -2.24. The minimum Gasteiger partial charge on any atom is -0.479 e. The zero-order chi connectivity index (χ0) is 38.6. The Hall–Kier alpha value is -1.86. The smallest absolute Gasteiger partial charge is 0.335 e. The standard InChI is InChI=1S/C28H47NO23/c29-3-1-2-4-45-25-14(37)11(34)18(7(5-30)46-25)49-28-17(40)20(16(39)22(52-28)24(43)44)50-26-15(38)12(35)19(8(6-31)47-26)48-27-13(36)9(32)10(33)21(51-27)23(41)42/h7-22,25-28,30-40H,1-6,29H2,(H,41,42)(H,43,44)/t7?,8?,9?,10-,11?,12+,13-,14-,15?,16-,17-,18+,19+,20?,21?,22?,25+,26-,27+,28+/m0/s1. The van der Waals surface area contributed by atoms with Crippen LogP contribution in [0.25, 0.3) is 0 Å². The van der Waals surface area contributed by atoms with Gasteiger partial charge in [-0.15, -0.1) is 0 Å². The van der Waals surface area contributed by atoms with E-state index in [1.807, 2.05) is 0 Å². The lowest BCUT2D eigenvalue weighted by atomic mass is 9.95. The molecule has 0 amide bonds. The fraction of sp³-hybridized carbons (Fsp3) is 0.929. The summed E-state index contributed by atoms with van der Waals surface area (Å²) in [5.74, 6) is -3.56. The van der Waals surface area contributed by atoms with E-state index in [2.05, 4.69) is 0 Å². The molecule has 0 aliphatic carbocycles. The van der Waals surface area contributed by atoms with Gasteiger partial charge in [0, 0.05) is 6.61 Å². The van der Waals surface area contributed by atoms with Crippen LogP contribution in [0.4, 0.5) is 0 Å². The number of hydrogen-bond acceptors (Lipinski definition) is 22. The van der Waals surface area contributed by atoms with Crippen LogP contribution in [0, 0.1) is 0 Å². The molecule has 24 nitrogen and oxygen atoms in total. The zero-order valence-corrected chi connectivity index (χ0v) is 27.3. The van der Waals surface area contributed by atoms with Crippen LogP contribution in [-0.2, 0) is 47.5 Å². The maximum absolute atomic E-state index is 12.0. The Bertz CT molecular complexity index is 1150. The molecular formula is C28H47NO23. The molecule has 0 aromatic rings. The monoisotopic (exact) mass is 765 g/mol. The average molecular weight is 766 g/mol. The van der Waals surface area contributed by atoms with Crippen molar-refractivity contribution < 1.29 is 114 Å². The van der Waals surface area contributed by atoms with E-state index < -0.39 is 148 Å². The topological polar surface area (TPSA) is 397 Å². The summed E-state index contributed by atoms with van der Waals surface area (Å²) in [6, 6.07) is 0. The van der Waals surface area contributed by atoms with Gasteiger partial charge in [0.25, 0.3) is 0 Å². The van der Waals surface area contributed by atoms with Crippen molar-refractivity contribution >= 4 is 11.9 Å². The Morgan fingerprint density at radius 1 is 0.500 bits per heavy atom. The number of aliphatic hydroxyl groups is 11. The van der Waals surface area contributed by atoms with Crippen LogP contribution >= 0.6 is 0 Å². The zero-order valence-electron chi connectivity index (χ0n) is 27.3. The van der Waals surface area contributed by atoms with Gasteiger partial charge >= 0.3 is 11.9 Å². The molecule has 4 rings (SSSR count). The summed E-state index contributed by atoms with van der Waals surface area (Å²) in [6.45, 7) is -1.43. The van der Waals surface area contributed by atoms with E-state index in [1.54, 1.807) is 0 Å². The summed E-state index contributed by atoms with van der Waals surface area (Å²) in [4.78, 5) is 23.5. The molecule has 24 heteroatoms. The van der Waals surface area contributed by atoms with E-state index in [0.717, 1.165) is 0 Å². The van der Waals surface area contributed by atoms with Crippen LogP contribution in [0.15, 0.2) is 0 Å². The maximum atomic E-state index is 12.0. The summed E-state index contributed by atoms with van der Waals surface area (Å²) >= 11 is 0. The molecule has 8 unspecified atom stereocenters. The molecule has 0 spiro atoms. The summed E-state index contributed by atoms with van der Waals surface area (Å²) in [7, 11) is 0. The molecule has 4 saturated heterocycles. The predicted octanol–water partition coefficient (Wildman–Crippen LogP) is -8.80. The number of carboxylic acids is 2. The number of carbonyl (C=O) groups is 2. The lowest BCUT2D eigenvalue weighted by Gasteiger charge is -2.48. The van der Waals surface area contributed by atoms with Crippen molar-refractivity contribution in [1.82, 2.24) is 0 Å². The van der Waals surface area contributed by atoms with E-state index in [-0.39, 0.29) is 6.61 Å². The van der Waals surface area contributed by atoms with Crippen molar-refractivity contribution in [2.75, 3.05) is 26.4 Å². The molecule has 0 aromatic carbocycles. The second-order valence-corrected chi connectivity index (χ2v) is 12.6. The number of nitrogens with two attached hydrogens (primary N) is 1. The number of rotatable bonds is 15. The minimum absolute atomic E-state index is 0.0690. The van der Waals surface area contributed by atoms with E-state index in [0.29, 0.717) is 19.4 Å². The number of ether oxygens (including phenoxy) is 8. The van der Waals surface area contributed by atoms with Crippen molar-refractivity contribution in [2.45, 2.75) is 136 Å². The number of carboxylic acid groups (broad SMARTS) is 2. The van der Waals surface area contributed by atoms with Crippen LogP contribution < -0.4 is 5.73 Å². The Kier molecular flexibility index (Phi) is 15.4. The molecule has 0 aromatic heterocycles. The molecule has 4 aliphatic heterocycles. The van der Waals surface area contributed by atoms with Gasteiger partial charge in [-0.1, -0.05) is 0 Å². The third kappa shape index (κ3) is 9.15. The quantitative estimate of drug-likeness (QED) is 0.0688. The molecule has 4 heterocycles. The highest BCUT2D eigenvalue weighted by Gasteiger charge is 2.56. The van der Waals surface area contributed by atoms with Crippen LogP contribution in [0.3, 0.4) is 0 Å². The fourth-order valence-electron chi connectivity index (χ4n) is 6.08. The molecule has 302 valence electrons. The van der Waals surface area contributed by atoms with Crippen LogP contribution in [0.5, 0.6) is 0 Å². The van der Waals surface area contributed by atoms with Gasteiger partial charge in [0.2, 0.25) is 0 Å². The van der Waals surface area contributed by atoms with Gasteiger partial charge in [0.1, 0.15) is 85.5 Å². The molecular weight excluding hydrogens is 718 g/mol. The Morgan fingerprint density at radius 2 is 0.923 bits per heavy atom. The van der Waals surface area contributed by atoms with Crippen molar-refractivity contribution in [2.24, 2.45) is 5.73 Å². The van der Waals surface area contributed by atoms with Gasteiger partial charge in [0.05, 0.1) is 13.2 Å². The maximum Gasteiger partial charge on any atom is 0.335 e. The third-order valence-corrected chi connectivity index (χ3v) is 9.00. The molecule has 0 bridgehead atoms. The van der Waals surface area contributed by atoms with Crippen molar-refractivity contribution in [3.05, 3.63) is 0 Å². The first kappa shape index (κ1) is 42.9. The van der Waals surface area contributed by atoms with Gasteiger partial charge in [0.15, 0.2) is 37.4 Å². The predicted molar refractivity (Wildman–Crippen MR) is 157 cm³/mol. The fourth-order valence-corrected chi connectivity index (χ4v) is 6.08. The first-order chi connectivity index (χ1) is 24.6. The molecule has 0 radical (unpaired) electrons.